The van der Waals surface area contributed by atoms with Gasteiger partial charge in [-0.15, -0.1) is 0 Å². The number of pyridine rings is 2. The van der Waals surface area contributed by atoms with Gasteiger partial charge in [0.1, 0.15) is 22.7 Å². The summed E-state index contributed by atoms with van der Waals surface area (Å²) in [5.74, 6) is 1.34. The topological polar surface area (TPSA) is 80.3 Å². The van der Waals surface area contributed by atoms with Crippen molar-refractivity contribution in [3.63, 3.8) is 0 Å². The van der Waals surface area contributed by atoms with Crippen LogP contribution in [0.25, 0.3) is 11.0 Å². The number of hydrogen-bond acceptors (Lipinski definition) is 5. The zero-order valence-electron chi connectivity index (χ0n) is 15.7. The normalized spacial score (nSPS) is 14.1. The standard InChI is InChI=1S/C20H22N4O3/c1-20(2,3)27-19(25)24-9-6-16-13(12-24)10-14(11-23-16)26-17-5-8-22-18-15(17)4-7-21-18/h4-5,7-8,10-11H,6,9,12H2,1-3H3,(H,21,22). The van der Waals surface area contributed by atoms with Crippen LogP contribution in [0.2, 0.25) is 0 Å². The minimum atomic E-state index is -0.510. The zero-order chi connectivity index (χ0) is 19.0. The van der Waals surface area contributed by atoms with Gasteiger partial charge in [0, 0.05) is 31.1 Å². The van der Waals surface area contributed by atoms with Crippen molar-refractivity contribution in [2.75, 3.05) is 6.54 Å². The van der Waals surface area contributed by atoms with E-state index in [0.29, 0.717) is 31.0 Å². The Labute approximate surface area is 157 Å². The van der Waals surface area contributed by atoms with Crippen molar-refractivity contribution in [2.45, 2.75) is 39.3 Å². The lowest BCUT2D eigenvalue weighted by Gasteiger charge is -2.30. The fraction of sp³-hybridized carbons (Fsp3) is 0.350. The molecule has 0 spiro atoms. The highest BCUT2D eigenvalue weighted by molar-refractivity contribution is 5.82. The highest BCUT2D eigenvalue weighted by Gasteiger charge is 2.26. The van der Waals surface area contributed by atoms with Crippen molar-refractivity contribution in [3.05, 3.63) is 48.0 Å². The lowest BCUT2D eigenvalue weighted by atomic mass is 10.1. The highest BCUT2D eigenvalue weighted by Crippen LogP contribution is 2.30. The average Bonchev–Trinajstić information content (AvgIpc) is 3.09. The molecule has 4 rings (SSSR count). The van der Waals surface area contributed by atoms with Crippen molar-refractivity contribution >= 4 is 17.1 Å². The van der Waals surface area contributed by atoms with Crippen molar-refractivity contribution in [2.24, 2.45) is 0 Å². The van der Waals surface area contributed by atoms with E-state index in [4.69, 9.17) is 9.47 Å². The van der Waals surface area contributed by atoms with E-state index in [2.05, 4.69) is 15.0 Å². The molecule has 140 valence electrons. The molecule has 1 amide bonds. The van der Waals surface area contributed by atoms with E-state index in [9.17, 15) is 4.79 Å². The van der Waals surface area contributed by atoms with E-state index in [0.717, 1.165) is 22.3 Å². The van der Waals surface area contributed by atoms with Crippen LogP contribution in [0.1, 0.15) is 32.0 Å². The fourth-order valence-corrected chi connectivity index (χ4v) is 3.09. The summed E-state index contributed by atoms with van der Waals surface area (Å²) in [6.45, 7) is 6.67. The first-order valence-electron chi connectivity index (χ1n) is 8.95. The molecular weight excluding hydrogens is 344 g/mol. The van der Waals surface area contributed by atoms with Crippen molar-refractivity contribution in [3.8, 4) is 11.5 Å². The molecule has 0 unspecified atom stereocenters. The van der Waals surface area contributed by atoms with Gasteiger partial charge in [-0.05, 0) is 44.5 Å². The maximum atomic E-state index is 12.4. The molecule has 4 heterocycles. The smallest absolute Gasteiger partial charge is 0.410 e. The number of H-pyrrole nitrogens is 1. The second-order valence-electron chi connectivity index (χ2n) is 7.58. The van der Waals surface area contributed by atoms with Crippen LogP contribution in [0.15, 0.2) is 36.8 Å². The molecule has 0 aliphatic carbocycles. The van der Waals surface area contributed by atoms with Gasteiger partial charge in [0.15, 0.2) is 0 Å². The number of rotatable bonds is 2. The SMILES string of the molecule is CC(C)(C)OC(=O)N1CCc2ncc(Oc3ccnc4[nH]ccc34)cc2C1. The Kier molecular flexibility index (Phi) is 4.22. The molecule has 0 radical (unpaired) electrons. The molecule has 3 aromatic heterocycles. The Bertz CT molecular complexity index is 990. The second-order valence-corrected chi connectivity index (χ2v) is 7.58. The molecule has 0 saturated carbocycles. The summed E-state index contributed by atoms with van der Waals surface area (Å²) in [6.07, 6.45) is 5.65. The minimum Gasteiger partial charge on any atom is -0.455 e. The number of carbonyl (C=O) groups excluding carboxylic acids is 1. The van der Waals surface area contributed by atoms with E-state index >= 15 is 0 Å². The predicted molar refractivity (Wildman–Crippen MR) is 101 cm³/mol. The summed E-state index contributed by atoms with van der Waals surface area (Å²) in [5.41, 5.74) is 2.23. The second kappa shape index (κ2) is 6.57. The van der Waals surface area contributed by atoms with Gasteiger partial charge in [-0.1, -0.05) is 0 Å². The first-order chi connectivity index (χ1) is 12.9. The highest BCUT2D eigenvalue weighted by atomic mass is 16.6. The lowest BCUT2D eigenvalue weighted by molar-refractivity contribution is 0.0222. The summed E-state index contributed by atoms with van der Waals surface area (Å²) in [4.78, 5) is 25.9. The quantitative estimate of drug-likeness (QED) is 0.740. The number of nitrogens with zero attached hydrogens (tertiary/aromatic N) is 3. The Morgan fingerprint density at radius 2 is 2.11 bits per heavy atom. The van der Waals surface area contributed by atoms with Gasteiger partial charge < -0.3 is 19.4 Å². The largest absolute Gasteiger partial charge is 0.455 e. The molecule has 1 N–H and O–H groups in total. The Morgan fingerprint density at radius 3 is 2.93 bits per heavy atom. The number of nitrogens with one attached hydrogen (secondary N) is 1. The lowest BCUT2D eigenvalue weighted by Crippen LogP contribution is -2.40. The van der Waals surface area contributed by atoms with Gasteiger partial charge in [-0.25, -0.2) is 9.78 Å². The molecule has 7 nitrogen and oxygen atoms in total. The van der Waals surface area contributed by atoms with Crippen molar-refractivity contribution < 1.29 is 14.3 Å². The third-order valence-corrected chi connectivity index (χ3v) is 4.31. The van der Waals surface area contributed by atoms with E-state index < -0.39 is 5.60 Å². The average molecular weight is 366 g/mol. The van der Waals surface area contributed by atoms with E-state index in [1.807, 2.05) is 45.2 Å². The van der Waals surface area contributed by atoms with Gasteiger partial charge >= 0.3 is 6.09 Å². The van der Waals surface area contributed by atoms with Gasteiger partial charge in [0.2, 0.25) is 0 Å². The monoisotopic (exact) mass is 366 g/mol. The van der Waals surface area contributed by atoms with Crippen molar-refractivity contribution in [1.29, 1.82) is 0 Å². The third kappa shape index (κ3) is 3.72. The number of hydrogen-bond donors (Lipinski definition) is 1. The molecular formula is C20H22N4O3. The minimum absolute atomic E-state index is 0.303. The Morgan fingerprint density at radius 1 is 1.26 bits per heavy atom. The molecule has 0 fully saturated rings. The summed E-state index contributed by atoms with van der Waals surface area (Å²) < 4.78 is 11.5. The fourth-order valence-electron chi connectivity index (χ4n) is 3.09. The molecule has 0 bridgehead atoms. The summed E-state index contributed by atoms with van der Waals surface area (Å²) in [5, 5.41) is 0.908. The maximum absolute atomic E-state index is 12.4. The number of aromatic amines is 1. The molecule has 0 atom stereocenters. The summed E-state index contributed by atoms with van der Waals surface area (Å²) >= 11 is 0. The van der Waals surface area contributed by atoms with Crippen LogP contribution < -0.4 is 4.74 Å². The van der Waals surface area contributed by atoms with Crippen LogP contribution in [0.4, 0.5) is 4.79 Å². The van der Waals surface area contributed by atoms with Crippen LogP contribution in [-0.2, 0) is 17.7 Å². The van der Waals surface area contributed by atoms with Gasteiger partial charge in [0.25, 0.3) is 0 Å². The van der Waals surface area contributed by atoms with E-state index in [-0.39, 0.29) is 6.09 Å². The molecule has 0 saturated heterocycles. The van der Waals surface area contributed by atoms with Crippen LogP contribution in [0.5, 0.6) is 11.5 Å². The molecule has 0 aromatic carbocycles. The van der Waals surface area contributed by atoms with Crippen LogP contribution in [0, 0.1) is 0 Å². The first-order valence-corrected chi connectivity index (χ1v) is 8.95. The van der Waals surface area contributed by atoms with E-state index in [1.165, 1.54) is 0 Å². The van der Waals surface area contributed by atoms with Crippen LogP contribution >= 0.6 is 0 Å². The number of amides is 1. The Hall–Kier alpha value is -3.09. The molecule has 3 aromatic rings. The first kappa shape index (κ1) is 17.3. The van der Waals surface area contributed by atoms with E-state index in [1.54, 1.807) is 17.3 Å². The Balaban J connectivity index is 1.54. The summed E-state index contributed by atoms with van der Waals surface area (Å²) in [6, 6.07) is 5.69. The van der Waals surface area contributed by atoms with Crippen LogP contribution in [-0.4, -0.2) is 38.1 Å². The van der Waals surface area contributed by atoms with Crippen LogP contribution in [0.3, 0.4) is 0 Å². The zero-order valence-corrected chi connectivity index (χ0v) is 15.7. The number of aromatic nitrogens is 3. The molecule has 7 heteroatoms. The van der Waals surface area contributed by atoms with Gasteiger partial charge in [-0.2, -0.15) is 0 Å². The number of carbonyl (C=O) groups is 1. The molecule has 1 aliphatic heterocycles. The number of fused-ring (bicyclic) bond motifs is 2. The maximum Gasteiger partial charge on any atom is 0.410 e. The summed E-state index contributed by atoms with van der Waals surface area (Å²) in [7, 11) is 0. The van der Waals surface area contributed by atoms with Crippen molar-refractivity contribution in [1.82, 2.24) is 19.9 Å². The number of ether oxygens (including phenoxy) is 2. The molecule has 27 heavy (non-hydrogen) atoms. The van der Waals surface area contributed by atoms with Gasteiger partial charge in [-0.3, -0.25) is 4.98 Å². The third-order valence-electron chi connectivity index (χ3n) is 4.31. The predicted octanol–water partition coefficient (Wildman–Crippen LogP) is 4.04. The van der Waals surface area contributed by atoms with Gasteiger partial charge in [0.05, 0.1) is 18.1 Å². The molecule has 1 aliphatic rings.